The van der Waals surface area contributed by atoms with Gasteiger partial charge in [0.25, 0.3) is 11.2 Å². The SMILES string of the molecule is Cn1nc(CC(=O)OCc2ccc([N+](=O)[O-])cc2)c2ccccc2c1=O. The van der Waals surface area contributed by atoms with Crippen LogP contribution in [-0.4, -0.2) is 20.7 Å². The normalized spacial score (nSPS) is 10.7. The van der Waals surface area contributed by atoms with Crippen LogP contribution in [0.1, 0.15) is 11.3 Å². The lowest BCUT2D eigenvalue weighted by molar-refractivity contribution is -0.384. The quantitative estimate of drug-likeness (QED) is 0.395. The van der Waals surface area contributed by atoms with Crippen LogP contribution in [0, 0.1) is 10.1 Å². The number of carbonyl (C=O) groups excluding carboxylic acids is 1. The fraction of sp³-hybridized carbons (Fsp3) is 0.167. The van der Waals surface area contributed by atoms with Gasteiger partial charge >= 0.3 is 5.97 Å². The Morgan fingerprint density at radius 3 is 2.46 bits per heavy atom. The number of carbonyl (C=O) groups is 1. The van der Waals surface area contributed by atoms with E-state index in [2.05, 4.69) is 5.10 Å². The van der Waals surface area contributed by atoms with Gasteiger partial charge in [-0.15, -0.1) is 0 Å². The third-order valence-electron chi connectivity index (χ3n) is 3.89. The van der Waals surface area contributed by atoms with Crippen molar-refractivity contribution < 1.29 is 14.5 Å². The Balaban J connectivity index is 1.72. The summed E-state index contributed by atoms with van der Waals surface area (Å²) < 4.78 is 6.41. The van der Waals surface area contributed by atoms with E-state index in [-0.39, 0.29) is 24.3 Å². The molecule has 0 unspecified atom stereocenters. The minimum absolute atomic E-state index is 0.000520. The molecule has 26 heavy (non-hydrogen) atoms. The highest BCUT2D eigenvalue weighted by Crippen LogP contribution is 2.15. The van der Waals surface area contributed by atoms with Crippen LogP contribution in [0.2, 0.25) is 0 Å². The molecule has 132 valence electrons. The molecule has 8 heteroatoms. The van der Waals surface area contributed by atoms with Gasteiger partial charge in [0.2, 0.25) is 0 Å². The van der Waals surface area contributed by atoms with Crippen LogP contribution in [0.4, 0.5) is 5.69 Å². The van der Waals surface area contributed by atoms with Crippen molar-refractivity contribution in [3.8, 4) is 0 Å². The van der Waals surface area contributed by atoms with E-state index in [4.69, 9.17) is 4.74 Å². The third-order valence-corrected chi connectivity index (χ3v) is 3.89. The summed E-state index contributed by atoms with van der Waals surface area (Å²) in [7, 11) is 1.53. The van der Waals surface area contributed by atoms with Gasteiger partial charge in [0.1, 0.15) is 6.61 Å². The first-order valence-corrected chi connectivity index (χ1v) is 7.79. The van der Waals surface area contributed by atoms with E-state index in [0.29, 0.717) is 22.0 Å². The lowest BCUT2D eigenvalue weighted by atomic mass is 10.1. The van der Waals surface area contributed by atoms with Crippen LogP contribution in [-0.2, 0) is 29.6 Å². The van der Waals surface area contributed by atoms with Crippen molar-refractivity contribution in [1.82, 2.24) is 9.78 Å². The molecule has 1 heterocycles. The minimum atomic E-state index is -0.500. The number of benzene rings is 2. The summed E-state index contributed by atoms with van der Waals surface area (Å²) in [6, 6.07) is 12.7. The van der Waals surface area contributed by atoms with Crippen molar-refractivity contribution in [2.24, 2.45) is 7.05 Å². The summed E-state index contributed by atoms with van der Waals surface area (Å²) in [5.41, 5.74) is 0.836. The first kappa shape index (κ1) is 17.3. The second kappa shape index (κ2) is 7.14. The highest BCUT2D eigenvalue weighted by atomic mass is 16.6. The number of nitro benzene ring substituents is 1. The molecule has 0 atom stereocenters. The van der Waals surface area contributed by atoms with Gasteiger partial charge in [-0.05, 0) is 23.8 Å². The topological polar surface area (TPSA) is 104 Å². The summed E-state index contributed by atoms with van der Waals surface area (Å²) in [5.74, 6) is -0.500. The number of esters is 1. The van der Waals surface area contributed by atoms with E-state index in [9.17, 15) is 19.7 Å². The average Bonchev–Trinajstić information content (AvgIpc) is 2.64. The Hall–Kier alpha value is -3.55. The Bertz CT molecular complexity index is 1040. The van der Waals surface area contributed by atoms with E-state index in [0.717, 1.165) is 0 Å². The Kier molecular flexibility index (Phi) is 4.74. The van der Waals surface area contributed by atoms with Gasteiger partial charge in [0.15, 0.2) is 0 Å². The number of aryl methyl sites for hydroxylation is 1. The van der Waals surface area contributed by atoms with E-state index >= 15 is 0 Å². The molecule has 3 rings (SSSR count). The predicted molar refractivity (Wildman–Crippen MR) is 93.6 cm³/mol. The van der Waals surface area contributed by atoms with Crippen LogP contribution in [0.5, 0.6) is 0 Å². The molecule has 0 aliphatic heterocycles. The molecule has 0 spiro atoms. The highest BCUT2D eigenvalue weighted by Gasteiger charge is 2.13. The van der Waals surface area contributed by atoms with Crippen LogP contribution in [0.3, 0.4) is 0 Å². The lowest BCUT2D eigenvalue weighted by Crippen LogP contribution is -2.22. The molecule has 0 radical (unpaired) electrons. The van der Waals surface area contributed by atoms with Crippen LogP contribution in [0.25, 0.3) is 10.8 Å². The van der Waals surface area contributed by atoms with Crippen LogP contribution in [0.15, 0.2) is 53.3 Å². The highest BCUT2D eigenvalue weighted by molar-refractivity contribution is 5.86. The molecule has 2 aromatic carbocycles. The van der Waals surface area contributed by atoms with Gasteiger partial charge in [-0.25, -0.2) is 4.68 Å². The molecule has 0 saturated carbocycles. The summed E-state index contributed by atoms with van der Waals surface area (Å²) in [5, 5.41) is 15.9. The molecule has 0 amide bonds. The monoisotopic (exact) mass is 353 g/mol. The zero-order valence-electron chi connectivity index (χ0n) is 13.9. The molecule has 0 bridgehead atoms. The molecule has 0 fully saturated rings. The van der Waals surface area contributed by atoms with Gasteiger partial charge < -0.3 is 4.74 Å². The van der Waals surface area contributed by atoms with E-state index < -0.39 is 10.9 Å². The molecular formula is C18H15N3O5. The van der Waals surface area contributed by atoms with E-state index in [1.54, 1.807) is 24.3 Å². The van der Waals surface area contributed by atoms with Crippen LogP contribution >= 0.6 is 0 Å². The standard InChI is InChI=1S/C18H15N3O5/c1-20-18(23)15-5-3-2-4-14(15)16(19-20)10-17(22)26-11-12-6-8-13(9-7-12)21(24)25/h2-9H,10-11H2,1H3. The molecule has 0 N–H and O–H groups in total. The zero-order chi connectivity index (χ0) is 18.7. The van der Waals surface area contributed by atoms with Crippen molar-refractivity contribution in [2.75, 3.05) is 0 Å². The maximum Gasteiger partial charge on any atom is 0.312 e. The fourth-order valence-corrected chi connectivity index (χ4v) is 2.57. The van der Waals surface area contributed by atoms with Crippen molar-refractivity contribution in [2.45, 2.75) is 13.0 Å². The Labute approximate surface area is 147 Å². The lowest BCUT2D eigenvalue weighted by Gasteiger charge is -2.08. The van der Waals surface area contributed by atoms with Crippen molar-refractivity contribution in [3.05, 3.63) is 80.3 Å². The van der Waals surface area contributed by atoms with Crippen LogP contribution < -0.4 is 5.56 Å². The second-order valence-electron chi connectivity index (χ2n) is 5.68. The number of non-ortho nitro benzene ring substituents is 1. The van der Waals surface area contributed by atoms with Crippen molar-refractivity contribution in [1.29, 1.82) is 0 Å². The number of aromatic nitrogens is 2. The van der Waals surface area contributed by atoms with E-state index in [1.165, 1.54) is 36.0 Å². The maximum absolute atomic E-state index is 12.1. The smallest absolute Gasteiger partial charge is 0.312 e. The first-order valence-electron chi connectivity index (χ1n) is 7.79. The number of fused-ring (bicyclic) bond motifs is 1. The Morgan fingerprint density at radius 1 is 1.15 bits per heavy atom. The van der Waals surface area contributed by atoms with Gasteiger partial charge in [-0.2, -0.15) is 5.10 Å². The number of hydrogen-bond acceptors (Lipinski definition) is 6. The van der Waals surface area contributed by atoms with E-state index in [1.807, 2.05) is 0 Å². The number of nitro groups is 1. The molecule has 0 saturated heterocycles. The van der Waals surface area contributed by atoms with Gasteiger partial charge in [-0.3, -0.25) is 19.7 Å². The van der Waals surface area contributed by atoms with Crippen molar-refractivity contribution in [3.63, 3.8) is 0 Å². The number of rotatable bonds is 5. The average molecular weight is 353 g/mol. The fourth-order valence-electron chi connectivity index (χ4n) is 2.57. The molecular weight excluding hydrogens is 338 g/mol. The zero-order valence-corrected chi connectivity index (χ0v) is 13.9. The van der Waals surface area contributed by atoms with Gasteiger partial charge in [0.05, 0.1) is 22.4 Å². The molecule has 1 aromatic heterocycles. The minimum Gasteiger partial charge on any atom is -0.461 e. The summed E-state index contributed by atoms with van der Waals surface area (Å²) in [6.45, 7) is 0.000520. The summed E-state index contributed by atoms with van der Waals surface area (Å²) in [4.78, 5) is 34.4. The second-order valence-corrected chi connectivity index (χ2v) is 5.68. The first-order chi connectivity index (χ1) is 12.5. The number of nitrogens with zero attached hydrogens (tertiary/aromatic N) is 3. The Morgan fingerprint density at radius 2 is 1.81 bits per heavy atom. The number of hydrogen-bond donors (Lipinski definition) is 0. The molecule has 0 aliphatic carbocycles. The summed E-state index contributed by atoms with van der Waals surface area (Å²) in [6.07, 6.45) is -0.0817. The largest absolute Gasteiger partial charge is 0.461 e. The summed E-state index contributed by atoms with van der Waals surface area (Å²) >= 11 is 0. The van der Waals surface area contributed by atoms with Gasteiger partial charge in [-0.1, -0.05) is 18.2 Å². The molecule has 0 aliphatic rings. The van der Waals surface area contributed by atoms with Gasteiger partial charge in [0, 0.05) is 24.6 Å². The maximum atomic E-state index is 12.1. The molecule has 8 nitrogen and oxygen atoms in total. The predicted octanol–water partition coefficient (Wildman–Crippen LogP) is 2.13. The van der Waals surface area contributed by atoms with Crippen molar-refractivity contribution >= 4 is 22.4 Å². The molecule has 3 aromatic rings. The third kappa shape index (κ3) is 3.59. The number of ether oxygens (including phenoxy) is 1.